The molecular weight excluding hydrogens is 343 g/mol. The fourth-order valence-corrected chi connectivity index (χ4v) is 1.22. The Hall–Kier alpha value is -0.0900. The van der Waals surface area contributed by atoms with Crippen molar-refractivity contribution in [3.8, 4) is 0 Å². The minimum atomic E-state index is -3.43. The van der Waals surface area contributed by atoms with E-state index in [1.54, 1.807) is 0 Å². The summed E-state index contributed by atoms with van der Waals surface area (Å²) in [5.74, 6) is 0.470. The zero-order valence-electron chi connectivity index (χ0n) is 9.86. The van der Waals surface area contributed by atoms with Crippen LogP contribution in [-0.2, 0) is 10.0 Å². The van der Waals surface area contributed by atoms with Crippen molar-refractivity contribution in [3.05, 3.63) is 0 Å². The molecule has 98 valence electrons. The van der Waals surface area contributed by atoms with Crippen LogP contribution in [0.4, 0.5) is 0 Å². The summed E-state index contributed by atoms with van der Waals surface area (Å²) < 4.78 is 21.3. The molecule has 0 saturated carbocycles. The zero-order valence-corrected chi connectivity index (χ0v) is 13.0. The minimum absolute atomic E-state index is 0. The molecule has 0 aliphatic heterocycles. The standard InChI is InChI=1S/C8H20N4O2S.HI/c1-4-10-8(12-7(2)3)11-5-6-15(9,13)14;/h7H,4-6H2,1-3H3,(H2,9,13,14)(H2,10,11,12);1H. The van der Waals surface area contributed by atoms with Crippen LogP contribution in [-0.4, -0.2) is 39.3 Å². The molecule has 0 aliphatic rings. The Labute approximate surface area is 115 Å². The molecular formula is C8H21IN4O2S. The Morgan fingerprint density at radius 2 is 2.00 bits per heavy atom. The second-order valence-corrected chi connectivity index (χ2v) is 5.16. The predicted octanol–water partition coefficient (Wildman–Crippen LogP) is -0.144. The molecule has 0 spiro atoms. The number of primary sulfonamides is 1. The third kappa shape index (κ3) is 12.0. The van der Waals surface area contributed by atoms with Crippen LogP contribution in [0.2, 0.25) is 0 Å². The summed E-state index contributed by atoms with van der Waals surface area (Å²) in [6, 6.07) is 0.247. The number of hydrogen-bond donors (Lipinski definition) is 3. The van der Waals surface area contributed by atoms with Crippen molar-refractivity contribution < 1.29 is 8.42 Å². The highest BCUT2D eigenvalue weighted by atomic mass is 127. The molecule has 16 heavy (non-hydrogen) atoms. The zero-order chi connectivity index (χ0) is 11.9. The molecule has 4 N–H and O–H groups in total. The number of hydrogen-bond acceptors (Lipinski definition) is 3. The molecule has 0 amide bonds. The number of sulfonamides is 1. The third-order valence-corrected chi connectivity index (χ3v) is 2.17. The van der Waals surface area contributed by atoms with Gasteiger partial charge in [-0.2, -0.15) is 0 Å². The summed E-state index contributed by atoms with van der Waals surface area (Å²) in [5.41, 5.74) is 0. The lowest BCUT2D eigenvalue weighted by molar-refractivity contribution is 0.597. The van der Waals surface area contributed by atoms with E-state index in [1.165, 1.54) is 0 Å². The monoisotopic (exact) mass is 364 g/mol. The molecule has 0 saturated heterocycles. The van der Waals surface area contributed by atoms with Gasteiger partial charge in [-0.3, -0.25) is 4.99 Å². The van der Waals surface area contributed by atoms with Gasteiger partial charge in [-0.25, -0.2) is 13.6 Å². The van der Waals surface area contributed by atoms with Gasteiger partial charge in [-0.15, -0.1) is 24.0 Å². The Kier molecular flexibility index (Phi) is 10.3. The fraction of sp³-hybridized carbons (Fsp3) is 0.875. The van der Waals surface area contributed by atoms with Crippen molar-refractivity contribution in [3.63, 3.8) is 0 Å². The summed E-state index contributed by atoms with van der Waals surface area (Å²) in [4.78, 5) is 4.07. The van der Waals surface area contributed by atoms with E-state index < -0.39 is 10.0 Å². The SMILES string of the molecule is CCNC(=NCCS(N)(=O)=O)NC(C)C.I. The van der Waals surface area contributed by atoms with Crippen LogP contribution in [0.1, 0.15) is 20.8 Å². The van der Waals surface area contributed by atoms with Gasteiger partial charge < -0.3 is 10.6 Å². The van der Waals surface area contributed by atoms with Crippen LogP contribution in [0.5, 0.6) is 0 Å². The predicted molar refractivity (Wildman–Crippen MR) is 77.6 cm³/mol. The molecule has 0 aromatic carbocycles. The van der Waals surface area contributed by atoms with Crippen molar-refractivity contribution in [2.24, 2.45) is 10.1 Å². The molecule has 0 heterocycles. The topological polar surface area (TPSA) is 96.6 Å². The average molecular weight is 364 g/mol. The van der Waals surface area contributed by atoms with Crippen molar-refractivity contribution in [1.82, 2.24) is 10.6 Å². The van der Waals surface area contributed by atoms with E-state index in [4.69, 9.17) is 5.14 Å². The van der Waals surface area contributed by atoms with E-state index >= 15 is 0 Å². The van der Waals surface area contributed by atoms with Gasteiger partial charge >= 0.3 is 0 Å². The van der Waals surface area contributed by atoms with Crippen LogP contribution in [0.15, 0.2) is 4.99 Å². The molecule has 0 atom stereocenters. The van der Waals surface area contributed by atoms with Gasteiger partial charge in [0, 0.05) is 12.6 Å². The molecule has 6 nitrogen and oxygen atoms in total. The summed E-state index contributed by atoms with van der Waals surface area (Å²) in [5, 5.41) is 10.9. The first-order valence-electron chi connectivity index (χ1n) is 4.90. The molecule has 0 rings (SSSR count). The molecule has 0 aromatic heterocycles. The Bertz CT molecular complexity index is 303. The van der Waals surface area contributed by atoms with Gasteiger partial charge in [0.25, 0.3) is 0 Å². The first kappa shape index (κ1) is 18.3. The van der Waals surface area contributed by atoms with Gasteiger partial charge in [0.05, 0.1) is 12.3 Å². The van der Waals surface area contributed by atoms with Gasteiger partial charge in [0.15, 0.2) is 5.96 Å². The number of guanidine groups is 1. The molecule has 0 aliphatic carbocycles. The van der Waals surface area contributed by atoms with Crippen LogP contribution in [0.25, 0.3) is 0 Å². The second-order valence-electron chi connectivity index (χ2n) is 3.43. The number of rotatable bonds is 5. The van der Waals surface area contributed by atoms with Gasteiger partial charge in [0.1, 0.15) is 0 Å². The Morgan fingerprint density at radius 3 is 2.38 bits per heavy atom. The summed E-state index contributed by atoms with van der Waals surface area (Å²) in [6.07, 6.45) is 0. The molecule has 0 bridgehead atoms. The van der Waals surface area contributed by atoms with Crippen LogP contribution in [0, 0.1) is 0 Å². The maximum atomic E-state index is 10.7. The number of aliphatic imine (C=N–C) groups is 1. The van der Waals surface area contributed by atoms with Gasteiger partial charge in [-0.1, -0.05) is 0 Å². The number of nitrogens with zero attached hydrogens (tertiary/aromatic N) is 1. The number of nitrogens with one attached hydrogen (secondary N) is 2. The highest BCUT2D eigenvalue weighted by Crippen LogP contribution is 1.82. The summed E-state index contributed by atoms with van der Waals surface area (Å²) >= 11 is 0. The normalized spacial score (nSPS) is 12.2. The second kappa shape index (κ2) is 8.99. The quantitative estimate of drug-likeness (QED) is 0.359. The third-order valence-electron chi connectivity index (χ3n) is 1.42. The van der Waals surface area contributed by atoms with E-state index in [2.05, 4.69) is 15.6 Å². The Balaban J connectivity index is 0. The van der Waals surface area contributed by atoms with Crippen molar-refractivity contribution in [2.45, 2.75) is 26.8 Å². The molecule has 0 radical (unpaired) electrons. The lowest BCUT2D eigenvalue weighted by Crippen LogP contribution is -2.41. The fourth-order valence-electron chi connectivity index (χ4n) is 0.878. The highest BCUT2D eigenvalue weighted by Gasteiger charge is 2.03. The Morgan fingerprint density at radius 1 is 1.44 bits per heavy atom. The highest BCUT2D eigenvalue weighted by molar-refractivity contribution is 14.0. The lowest BCUT2D eigenvalue weighted by Gasteiger charge is -2.13. The van der Waals surface area contributed by atoms with Crippen LogP contribution < -0.4 is 15.8 Å². The molecule has 8 heteroatoms. The number of halogens is 1. The lowest BCUT2D eigenvalue weighted by atomic mass is 10.4. The molecule has 0 aromatic rings. The largest absolute Gasteiger partial charge is 0.357 e. The van der Waals surface area contributed by atoms with Gasteiger partial charge in [-0.05, 0) is 20.8 Å². The summed E-state index contributed by atoms with van der Waals surface area (Å²) in [6.45, 7) is 6.80. The van der Waals surface area contributed by atoms with Crippen LogP contribution in [0.3, 0.4) is 0 Å². The van der Waals surface area contributed by atoms with E-state index in [0.717, 1.165) is 6.54 Å². The summed E-state index contributed by atoms with van der Waals surface area (Å²) in [7, 11) is -3.43. The maximum absolute atomic E-state index is 10.7. The van der Waals surface area contributed by atoms with Crippen molar-refractivity contribution in [2.75, 3.05) is 18.8 Å². The molecule has 0 fully saturated rings. The van der Waals surface area contributed by atoms with Crippen molar-refractivity contribution in [1.29, 1.82) is 0 Å². The van der Waals surface area contributed by atoms with Crippen LogP contribution >= 0.6 is 24.0 Å². The maximum Gasteiger partial charge on any atom is 0.210 e. The van der Waals surface area contributed by atoms with E-state index in [9.17, 15) is 8.42 Å². The minimum Gasteiger partial charge on any atom is -0.357 e. The first-order valence-corrected chi connectivity index (χ1v) is 6.62. The van der Waals surface area contributed by atoms with E-state index in [-0.39, 0.29) is 42.3 Å². The van der Waals surface area contributed by atoms with E-state index in [0.29, 0.717) is 5.96 Å². The number of nitrogens with two attached hydrogens (primary N) is 1. The van der Waals surface area contributed by atoms with Crippen molar-refractivity contribution >= 4 is 40.0 Å². The van der Waals surface area contributed by atoms with E-state index in [1.807, 2.05) is 20.8 Å². The van der Waals surface area contributed by atoms with Gasteiger partial charge in [0.2, 0.25) is 10.0 Å². The average Bonchev–Trinajstić information content (AvgIpc) is 2.00. The smallest absolute Gasteiger partial charge is 0.210 e. The first-order chi connectivity index (χ1) is 6.85. The molecule has 0 unspecified atom stereocenters.